The van der Waals surface area contributed by atoms with Gasteiger partial charge in [-0.3, -0.25) is 4.72 Å². The van der Waals surface area contributed by atoms with Crippen LogP contribution in [0.1, 0.15) is 12.8 Å². The lowest BCUT2D eigenvalue weighted by molar-refractivity contribution is 0.306. The van der Waals surface area contributed by atoms with Gasteiger partial charge in [-0.15, -0.1) is 0 Å². The molecule has 6 rings (SSSR count). The third kappa shape index (κ3) is 4.19. The lowest BCUT2D eigenvalue weighted by Gasteiger charge is -2.31. The van der Waals surface area contributed by atoms with Crippen LogP contribution in [0.5, 0.6) is 5.75 Å². The molecule has 0 spiro atoms. The van der Waals surface area contributed by atoms with Crippen molar-refractivity contribution in [3.05, 3.63) is 54.9 Å². The summed E-state index contributed by atoms with van der Waals surface area (Å²) in [5.41, 5.74) is 6.56. The predicted molar refractivity (Wildman–Crippen MR) is 134 cm³/mol. The van der Waals surface area contributed by atoms with Gasteiger partial charge in [-0.2, -0.15) is 0 Å². The number of benzene rings is 2. The third-order valence-corrected chi connectivity index (χ3v) is 6.85. The van der Waals surface area contributed by atoms with E-state index in [0.29, 0.717) is 23.6 Å². The maximum absolute atomic E-state index is 11.6. The number of hydrogen-bond acceptors (Lipinski definition) is 6. The molecule has 4 aromatic rings. The molecule has 34 heavy (non-hydrogen) atoms. The Balaban J connectivity index is 1.38. The van der Waals surface area contributed by atoms with Gasteiger partial charge in [-0.25, -0.2) is 18.4 Å². The molecule has 1 saturated carbocycles. The van der Waals surface area contributed by atoms with Crippen LogP contribution in [0.25, 0.3) is 33.5 Å². The molecule has 1 fully saturated rings. The number of rotatable bonds is 6. The minimum absolute atomic E-state index is 0.488. The zero-order valence-corrected chi connectivity index (χ0v) is 19.6. The molecule has 8 nitrogen and oxygen atoms in total. The third-order valence-electron chi connectivity index (χ3n) is 6.25. The molecule has 0 radical (unpaired) electrons. The Morgan fingerprint density at radius 3 is 2.88 bits per heavy atom. The van der Waals surface area contributed by atoms with Crippen LogP contribution in [-0.4, -0.2) is 49.3 Å². The number of sulfonamides is 1. The maximum Gasteiger partial charge on any atom is 0.229 e. The molecule has 2 N–H and O–H groups in total. The van der Waals surface area contributed by atoms with Crippen molar-refractivity contribution >= 4 is 32.6 Å². The Kier molecular flexibility index (Phi) is 4.95. The average molecular weight is 476 g/mol. The van der Waals surface area contributed by atoms with Gasteiger partial charge < -0.3 is 14.6 Å². The standard InChI is InChI=1S/C25H25N5O3S/c1-34(31,32)29-19-4-2-3-18(11-19)21-14-27-25-24(28-21)20(13-26-25)17-7-8-23-22(12-17)30(9-10-33-23)15-16-5-6-16/h2-4,7-8,11-14,16,29H,5-6,9-10,15H2,1H3,(H,26,27). The number of aromatic amines is 1. The second-order valence-electron chi connectivity index (χ2n) is 9.03. The number of ether oxygens (including phenoxy) is 1. The van der Waals surface area contributed by atoms with E-state index in [9.17, 15) is 8.42 Å². The number of H-pyrrole nitrogens is 1. The molecule has 0 saturated heterocycles. The second kappa shape index (κ2) is 8.02. The monoisotopic (exact) mass is 475 g/mol. The Bertz CT molecular complexity index is 1490. The van der Waals surface area contributed by atoms with Crippen molar-refractivity contribution in [2.24, 2.45) is 5.92 Å². The molecule has 0 bridgehead atoms. The minimum Gasteiger partial charge on any atom is -0.490 e. The van der Waals surface area contributed by atoms with Gasteiger partial charge in [-0.1, -0.05) is 18.2 Å². The first-order valence-corrected chi connectivity index (χ1v) is 13.3. The highest BCUT2D eigenvalue weighted by molar-refractivity contribution is 7.92. The van der Waals surface area contributed by atoms with Gasteiger partial charge in [-0.05, 0) is 48.6 Å². The van der Waals surface area contributed by atoms with Gasteiger partial charge in [0.1, 0.15) is 17.9 Å². The van der Waals surface area contributed by atoms with Crippen LogP contribution in [-0.2, 0) is 10.0 Å². The van der Waals surface area contributed by atoms with Crippen molar-refractivity contribution in [2.75, 3.05) is 35.6 Å². The molecule has 1 aliphatic heterocycles. The van der Waals surface area contributed by atoms with E-state index in [2.05, 4.69) is 31.7 Å². The molecule has 2 aromatic heterocycles. The number of fused-ring (bicyclic) bond motifs is 2. The second-order valence-corrected chi connectivity index (χ2v) is 10.8. The highest BCUT2D eigenvalue weighted by Gasteiger charge is 2.28. The topological polar surface area (TPSA) is 100 Å². The van der Waals surface area contributed by atoms with E-state index < -0.39 is 10.0 Å². The van der Waals surface area contributed by atoms with Gasteiger partial charge in [0.25, 0.3) is 0 Å². The van der Waals surface area contributed by atoms with Crippen LogP contribution < -0.4 is 14.4 Å². The molecule has 0 atom stereocenters. The Morgan fingerprint density at radius 2 is 2.06 bits per heavy atom. The summed E-state index contributed by atoms with van der Waals surface area (Å²) in [6, 6.07) is 13.4. The van der Waals surface area contributed by atoms with E-state index in [1.165, 1.54) is 12.8 Å². The summed E-state index contributed by atoms with van der Waals surface area (Å²) >= 11 is 0. The van der Waals surface area contributed by atoms with Gasteiger partial charge >= 0.3 is 0 Å². The van der Waals surface area contributed by atoms with Gasteiger partial charge in [0.05, 0.1) is 30.4 Å². The van der Waals surface area contributed by atoms with E-state index in [-0.39, 0.29) is 0 Å². The first kappa shape index (κ1) is 21.0. The van der Waals surface area contributed by atoms with E-state index in [0.717, 1.165) is 58.9 Å². The minimum atomic E-state index is -3.37. The van der Waals surface area contributed by atoms with Crippen LogP contribution >= 0.6 is 0 Å². The summed E-state index contributed by atoms with van der Waals surface area (Å²) in [6.07, 6.45) is 7.39. The first-order chi connectivity index (χ1) is 16.4. The van der Waals surface area contributed by atoms with E-state index in [1.807, 2.05) is 18.3 Å². The Labute approximate surface area is 198 Å². The van der Waals surface area contributed by atoms with Crippen molar-refractivity contribution in [1.29, 1.82) is 0 Å². The number of nitrogens with one attached hydrogen (secondary N) is 2. The molecule has 0 unspecified atom stereocenters. The molecular weight excluding hydrogens is 450 g/mol. The van der Waals surface area contributed by atoms with E-state index in [1.54, 1.807) is 24.4 Å². The zero-order chi connectivity index (χ0) is 23.3. The Morgan fingerprint density at radius 1 is 1.18 bits per heavy atom. The van der Waals surface area contributed by atoms with Crippen LogP contribution in [0.3, 0.4) is 0 Å². The van der Waals surface area contributed by atoms with E-state index in [4.69, 9.17) is 9.72 Å². The molecule has 3 heterocycles. The summed E-state index contributed by atoms with van der Waals surface area (Å²) in [5, 5.41) is 0. The van der Waals surface area contributed by atoms with E-state index >= 15 is 0 Å². The first-order valence-electron chi connectivity index (χ1n) is 11.4. The van der Waals surface area contributed by atoms with Crippen LogP contribution in [0.2, 0.25) is 0 Å². The quantitative estimate of drug-likeness (QED) is 0.432. The smallest absolute Gasteiger partial charge is 0.229 e. The SMILES string of the molecule is CS(=O)(=O)Nc1cccc(-c2cnc3[nH]cc(-c4ccc5c(c4)N(CC4CC4)CCO5)c3n2)c1. The summed E-state index contributed by atoms with van der Waals surface area (Å²) in [6.45, 7) is 2.70. The molecular formula is C25H25N5O3S. The van der Waals surface area contributed by atoms with Gasteiger partial charge in [0.2, 0.25) is 10.0 Å². The number of anilines is 2. The zero-order valence-electron chi connectivity index (χ0n) is 18.8. The van der Waals surface area contributed by atoms with Crippen molar-refractivity contribution in [3.8, 4) is 28.1 Å². The van der Waals surface area contributed by atoms with Crippen LogP contribution in [0.15, 0.2) is 54.9 Å². The largest absolute Gasteiger partial charge is 0.490 e. The maximum atomic E-state index is 11.6. The molecule has 2 aliphatic rings. The lowest BCUT2D eigenvalue weighted by Crippen LogP contribution is -2.34. The summed E-state index contributed by atoms with van der Waals surface area (Å²) in [4.78, 5) is 15.1. The molecule has 0 amide bonds. The normalized spacial score (nSPS) is 15.7. The fourth-order valence-electron chi connectivity index (χ4n) is 4.45. The van der Waals surface area contributed by atoms with Crippen LogP contribution in [0.4, 0.5) is 11.4 Å². The van der Waals surface area contributed by atoms with Crippen molar-refractivity contribution in [3.63, 3.8) is 0 Å². The van der Waals surface area contributed by atoms with Gasteiger partial charge in [0.15, 0.2) is 5.65 Å². The number of aromatic nitrogens is 3. The average Bonchev–Trinajstić information content (AvgIpc) is 3.53. The summed E-state index contributed by atoms with van der Waals surface area (Å²) < 4.78 is 31.7. The highest BCUT2D eigenvalue weighted by Crippen LogP contribution is 2.40. The lowest BCUT2D eigenvalue weighted by atomic mass is 10.1. The predicted octanol–water partition coefficient (Wildman–Crippen LogP) is 4.27. The van der Waals surface area contributed by atoms with Gasteiger partial charge in [0, 0.05) is 29.6 Å². The van der Waals surface area contributed by atoms with Crippen molar-refractivity contribution < 1.29 is 13.2 Å². The molecule has 9 heteroatoms. The van der Waals surface area contributed by atoms with Crippen molar-refractivity contribution in [1.82, 2.24) is 15.0 Å². The summed E-state index contributed by atoms with van der Waals surface area (Å²) in [5.74, 6) is 1.72. The molecule has 2 aromatic carbocycles. The fourth-order valence-corrected chi connectivity index (χ4v) is 5.00. The van der Waals surface area contributed by atoms with Crippen LogP contribution in [0, 0.1) is 5.92 Å². The Hall–Kier alpha value is -3.59. The fraction of sp³-hybridized carbons (Fsp3) is 0.280. The molecule has 174 valence electrons. The highest BCUT2D eigenvalue weighted by atomic mass is 32.2. The molecule has 1 aliphatic carbocycles. The van der Waals surface area contributed by atoms with Crippen molar-refractivity contribution in [2.45, 2.75) is 12.8 Å². The summed E-state index contributed by atoms with van der Waals surface area (Å²) in [7, 11) is -3.37. The number of hydrogen-bond donors (Lipinski definition) is 2. The number of nitrogens with zero attached hydrogens (tertiary/aromatic N) is 3.